The van der Waals surface area contributed by atoms with E-state index in [0.29, 0.717) is 5.69 Å². The van der Waals surface area contributed by atoms with E-state index in [1.54, 1.807) is 19.2 Å². The second-order valence-electron chi connectivity index (χ2n) is 10.3. The van der Waals surface area contributed by atoms with Gasteiger partial charge in [-0.3, -0.25) is 14.6 Å². The first-order valence-electron chi connectivity index (χ1n) is 14.0. The Morgan fingerprint density at radius 1 is 0.953 bits per heavy atom. The maximum absolute atomic E-state index is 14.4. The van der Waals surface area contributed by atoms with Crippen LogP contribution in [-0.4, -0.2) is 77.1 Å². The number of thiazole rings is 1. The summed E-state index contributed by atoms with van der Waals surface area (Å²) in [6.07, 6.45) is 1.91. The molecule has 8 nitrogen and oxygen atoms in total. The maximum Gasteiger partial charge on any atom is 0.274 e. The normalized spacial score (nSPS) is 14.3. The molecule has 0 aliphatic carbocycles. The largest absolute Gasteiger partial charge is 0.383 e. The predicted molar refractivity (Wildman–Crippen MR) is 164 cm³/mol. The van der Waals surface area contributed by atoms with Crippen molar-refractivity contribution < 1.29 is 18.3 Å². The molecule has 220 valence electrons. The highest BCUT2D eigenvalue weighted by Gasteiger charge is 2.19. The number of anilines is 1. The molecular weight excluding hydrogens is 570 g/mol. The van der Waals surface area contributed by atoms with Crippen LogP contribution >= 0.6 is 11.3 Å². The van der Waals surface area contributed by atoms with E-state index >= 15 is 0 Å². The van der Waals surface area contributed by atoms with E-state index in [4.69, 9.17) is 9.72 Å². The number of carbonyl (C=O) groups excluding carboxylic acids is 1. The zero-order valence-corrected chi connectivity index (χ0v) is 24.4. The molecule has 1 saturated heterocycles. The van der Waals surface area contributed by atoms with Gasteiger partial charge in [-0.25, -0.2) is 23.7 Å². The van der Waals surface area contributed by atoms with Crippen molar-refractivity contribution in [2.45, 2.75) is 6.54 Å². The van der Waals surface area contributed by atoms with Gasteiger partial charge in [-0.15, -0.1) is 0 Å². The highest BCUT2D eigenvalue weighted by Crippen LogP contribution is 2.34. The first-order chi connectivity index (χ1) is 21.0. The number of piperazine rings is 1. The molecule has 0 bridgehead atoms. The van der Waals surface area contributed by atoms with Crippen LogP contribution in [0.4, 0.5) is 14.5 Å². The summed E-state index contributed by atoms with van der Waals surface area (Å²) in [4.78, 5) is 32.7. The number of halogens is 2. The lowest BCUT2D eigenvalue weighted by Crippen LogP contribution is -2.46. The Bertz CT molecular complexity index is 1760. The van der Waals surface area contributed by atoms with Gasteiger partial charge in [0.1, 0.15) is 21.0 Å². The highest BCUT2D eigenvalue weighted by molar-refractivity contribution is 7.21. The number of nitrogens with zero attached hydrogens (tertiary/aromatic N) is 5. The van der Waals surface area contributed by atoms with Crippen molar-refractivity contribution in [2.75, 3.05) is 51.8 Å². The molecule has 1 aliphatic heterocycles. The van der Waals surface area contributed by atoms with Crippen molar-refractivity contribution in [1.29, 1.82) is 0 Å². The molecule has 0 atom stereocenters. The first-order valence-corrected chi connectivity index (χ1v) is 14.8. The quantitative estimate of drug-likeness (QED) is 0.232. The molecule has 3 aromatic heterocycles. The Morgan fingerprint density at radius 2 is 1.72 bits per heavy atom. The van der Waals surface area contributed by atoms with Gasteiger partial charge in [0.2, 0.25) is 0 Å². The van der Waals surface area contributed by atoms with Crippen molar-refractivity contribution >= 4 is 33.3 Å². The van der Waals surface area contributed by atoms with Gasteiger partial charge in [0, 0.05) is 63.7 Å². The van der Waals surface area contributed by atoms with Gasteiger partial charge in [-0.1, -0.05) is 35.6 Å². The van der Waals surface area contributed by atoms with Crippen LogP contribution in [0.15, 0.2) is 72.9 Å². The average molecular weight is 601 g/mol. The number of methoxy groups -OCH3 is 1. The van der Waals surface area contributed by atoms with E-state index in [1.807, 2.05) is 24.4 Å². The van der Waals surface area contributed by atoms with Gasteiger partial charge >= 0.3 is 0 Å². The first kappa shape index (κ1) is 28.9. The number of benzene rings is 2. The van der Waals surface area contributed by atoms with E-state index in [0.717, 1.165) is 78.4 Å². The van der Waals surface area contributed by atoms with E-state index in [1.165, 1.54) is 35.6 Å². The number of ether oxygens (including phenoxy) is 1. The Kier molecular flexibility index (Phi) is 8.75. The fraction of sp³-hybridized carbons (Fsp3) is 0.250. The lowest BCUT2D eigenvalue weighted by molar-refractivity contribution is 0.0938. The lowest BCUT2D eigenvalue weighted by Gasteiger charge is -2.34. The number of fused-ring (bicyclic) bond motifs is 1. The number of amides is 1. The zero-order valence-electron chi connectivity index (χ0n) is 23.6. The third-order valence-electron chi connectivity index (χ3n) is 7.40. The van der Waals surface area contributed by atoms with Gasteiger partial charge < -0.3 is 10.1 Å². The minimum absolute atomic E-state index is 0.0132. The number of carbonyl (C=O) groups is 1. The number of para-hydroxylation sites is 1. The van der Waals surface area contributed by atoms with Crippen molar-refractivity contribution in [1.82, 2.24) is 24.8 Å². The van der Waals surface area contributed by atoms with Crippen molar-refractivity contribution in [3.63, 3.8) is 0 Å². The van der Waals surface area contributed by atoms with Crippen LogP contribution in [0.25, 0.3) is 32.2 Å². The number of nitrogens with one attached hydrogen (secondary N) is 1. The molecule has 1 amide bonds. The Hall–Kier alpha value is -4.16. The minimum Gasteiger partial charge on any atom is -0.383 e. The van der Waals surface area contributed by atoms with Crippen LogP contribution in [-0.2, 0) is 11.3 Å². The number of pyridine rings is 2. The molecule has 5 aromatic rings. The summed E-state index contributed by atoms with van der Waals surface area (Å²) >= 11 is 1.45. The zero-order chi connectivity index (χ0) is 29.8. The Morgan fingerprint density at radius 3 is 2.56 bits per heavy atom. The van der Waals surface area contributed by atoms with Crippen LogP contribution in [0.3, 0.4) is 0 Å². The SMILES string of the molecule is COCCN1CCN(Cc2cnc3sc(-c4ccccc4NC(=O)c4cccc(-c5cccc(F)c5F)n4)nc3c2)CC1. The molecule has 1 aliphatic rings. The average Bonchev–Trinajstić information content (AvgIpc) is 3.46. The second kappa shape index (κ2) is 13.0. The minimum atomic E-state index is -1.01. The van der Waals surface area contributed by atoms with E-state index in [2.05, 4.69) is 31.2 Å². The molecule has 4 heterocycles. The van der Waals surface area contributed by atoms with Crippen LogP contribution in [0.1, 0.15) is 16.1 Å². The molecule has 1 N–H and O–H groups in total. The number of rotatable bonds is 9. The molecule has 2 aromatic carbocycles. The molecule has 0 radical (unpaired) electrons. The van der Waals surface area contributed by atoms with Crippen molar-refractivity contribution in [3.05, 3.63) is 95.8 Å². The molecule has 11 heteroatoms. The van der Waals surface area contributed by atoms with Gasteiger partial charge in [0.25, 0.3) is 5.91 Å². The number of hydrogen-bond acceptors (Lipinski definition) is 8. The van der Waals surface area contributed by atoms with Crippen LogP contribution in [0.2, 0.25) is 0 Å². The number of aromatic nitrogens is 3. The molecular formula is C32H30F2N6O2S. The number of hydrogen-bond donors (Lipinski definition) is 1. The van der Waals surface area contributed by atoms with E-state index in [9.17, 15) is 13.6 Å². The van der Waals surface area contributed by atoms with E-state index in [-0.39, 0.29) is 17.0 Å². The molecule has 0 saturated carbocycles. The summed E-state index contributed by atoms with van der Waals surface area (Å²) < 4.78 is 33.3. The summed E-state index contributed by atoms with van der Waals surface area (Å²) in [6.45, 7) is 6.54. The standard InChI is InChI=1S/C32H30F2N6O2S/c1-42-17-16-39-12-14-40(15-13-39)20-21-18-28-32(35-19-21)43-31(38-28)23-6-2-3-9-26(23)37-30(41)27-11-5-10-25(36-27)22-7-4-8-24(33)29(22)34/h2-11,18-19H,12-17,20H2,1H3,(H,37,41). The lowest BCUT2D eigenvalue weighted by atomic mass is 10.1. The summed E-state index contributed by atoms with van der Waals surface area (Å²) in [6, 6.07) is 18.0. The summed E-state index contributed by atoms with van der Waals surface area (Å²) in [5, 5.41) is 3.64. The van der Waals surface area contributed by atoms with Crippen molar-refractivity contribution in [3.8, 4) is 21.8 Å². The van der Waals surface area contributed by atoms with Crippen LogP contribution in [0.5, 0.6) is 0 Å². The smallest absolute Gasteiger partial charge is 0.274 e. The van der Waals surface area contributed by atoms with Crippen LogP contribution < -0.4 is 5.32 Å². The Labute approximate surface area is 252 Å². The monoisotopic (exact) mass is 600 g/mol. The third-order valence-corrected chi connectivity index (χ3v) is 8.41. The van der Waals surface area contributed by atoms with Crippen molar-refractivity contribution in [2.24, 2.45) is 0 Å². The highest BCUT2D eigenvalue weighted by atomic mass is 32.1. The fourth-order valence-corrected chi connectivity index (χ4v) is 6.02. The topological polar surface area (TPSA) is 83.5 Å². The molecule has 0 unspecified atom stereocenters. The predicted octanol–water partition coefficient (Wildman–Crippen LogP) is 5.71. The van der Waals surface area contributed by atoms with Crippen LogP contribution in [0, 0.1) is 11.6 Å². The summed E-state index contributed by atoms with van der Waals surface area (Å²) in [5.74, 6) is -2.46. The summed E-state index contributed by atoms with van der Waals surface area (Å²) in [5.41, 5.74) is 3.45. The van der Waals surface area contributed by atoms with Gasteiger partial charge in [0.15, 0.2) is 11.6 Å². The second-order valence-corrected chi connectivity index (χ2v) is 11.3. The van der Waals surface area contributed by atoms with Gasteiger partial charge in [-0.2, -0.15) is 0 Å². The molecule has 43 heavy (non-hydrogen) atoms. The summed E-state index contributed by atoms with van der Waals surface area (Å²) in [7, 11) is 1.73. The van der Waals surface area contributed by atoms with Gasteiger partial charge in [-0.05, 0) is 48.0 Å². The maximum atomic E-state index is 14.4. The fourth-order valence-electron chi connectivity index (χ4n) is 5.09. The Balaban J connectivity index is 1.18. The molecule has 1 fully saturated rings. The third kappa shape index (κ3) is 6.60. The molecule has 0 spiro atoms. The van der Waals surface area contributed by atoms with Gasteiger partial charge in [0.05, 0.1) is 18.0 Å². The van der Waals surface area contributed by atoms with E-state index < -0.39 is 17.5 Å². The molecule has 6 rings (SSSR count).